The molecule has 0 radical (unpaired) electrons. The molecule has 0 fully saturated rings. The quantitative estimate of drug-likeness (QED) is 0.885. The second-order valence-corrected chi connectivity index (χ2v) is 4.95. The van der Waals surface area contributed by atoms with Crippen molar-refractivity contribution in [2.75, 3.05) is 0 Å². The molecule has 18 heavy (non-hydrogen) atoms. The number of benzene rings is 1. The lowest BCUT2D eigenvalue weighted by Crippen LogP contribution is -2.15. The van der Waals surface area contributed by atoms with E-state index in [0.29, 0.717) is 5.69 Å². The third-order valence-corrected chi connectivity index (χ3v) is 3.28. The number of imidazole rings is 1. The molecule has 0 spiro atoms. The molecule has 0 saturated carbocycles. The molecule has 1 heterocycles. The van der Waals surface area contributed by atoms with Crippen LogP contribution >= 0.6 is 15.9 Å². The van der Waals surface area contributed by atoms with Crippen LogP contribution in [0.15, 0.2) is 29.1 Å². The molecule has 0 aliphatic rings. The van der Waals surface area contributed by atoms with Gasteiger partial charge in [0.2, 0.25) is 0 Å². The van der Waals surface area contributed by atoms with Gasteiger partial charge < -0.3 is 10.3 Å². The van der Waals surface area contributed by atoms with Gasteiger partial charge in [0.05, 0.1) is 22.5 Å². The predicted molar refractivity (Wildman–Crippen MR) is 67.9 cm³/mol. The summed E-state index contributed by atoms with van der Waals surface area (Å²) in [6.07, 6.45) is 3.40. The van der Waals surface area contributed by atoms with Gasteiger partial charge in [-0.05, 0) is 34.5 Å². The van der Waals surface area contributed by atoms with Crippen molar-refractivity contribution in [3.63, 3.8) is 0 Å². The van der Waals surface area contributed by atoms with Crippen molar-refractivity contribution in [2.45, 2.75) is 12.5 Å². The summed E-state index contributed by atoms with van der Waals surface area (Å²) in [6, 6.07) is 2.01. The van der Waals surface area contributed by atoms with E-state index in [4.69, 9.17) is 5.73 Å². The van der Waals surface area contributed by atoms with E-state index in [0.717, 1.165) is 0 Å². The zero-order chi connectivity index (χ0) is 13.3. The van der Waals surface area contributed by atoms with Crippen LogP contribution in [-0.2, 0) is 13.5 Å². The van der Waals surface area contributed by atoms with Crippen LogP contribution in [0.1, 0.15) is 17.3 Å². The van der Waals surface area contributed by atoms with Crippen molar-refractivity contribution in [3.8, 4) is 0 Å². The van der Waals surface area contributed by atoms with E-state index in [1.807, 2.05) is 7.05 Å². The van der Waals surface area contributed by atoms with Crippen LogP contribution in [0.25, 0.3) is 0 Å². The van der Waals surface area contributed by atoms with E-state index in [1.54, 1.807) is 17.1 Å². The minimum atomic E-state index is -0.610. The Morgan fingerprint density at radius 1 is 1.44 bits per heavy atom. The van der Waals surface area contributed by atoms with E-state index >= 15 is 0 Å². The molecule has 3 nitrogen and oxygen atoms in total. The summed E-state index contributed by atoms with van der Waals surface area (Å²) in [5.41, 5.74) is 6.49. The molecule has 0 aliphatic heterocycles. The monoisotopic (exact) mass is 315 g/mol. The highest BCUT2D eigenvalue weighted by atomic mass is 79.9. The van der Waals surface area contributed by atoms with E-state index in [1.165, 1.54) is 12.1 Å². The smallest absolute Gasteiger partial charge is 0.143 e. The number of rotatable bonds is 3. The average molecular weight is 316 g/mol. The number of hydrogen-bond acceptors (Lipinski definition) is 2. The van der Waals surface area contributed by atoms with Crippen molar-refractivity contribution >= 4 is 15.9 Å². The lowest BCUT2D eigenvalue weighted by atomic mass is 10.0. The topological polar surface area (TPSA) is 43.8 Å². The van der Waals surface area contributed by atoms with E-state index < -0.39 is 17.7 Å². The van der Waals surface area contributed by atoms with Gasteiger partial charge in [-0.2, -0.15) is 0 Å². The molecule has 2 rings (SSSR count). The molecule has 1 aromatic heterocycles. The van der Waals surface area contributed by atoms with Crippen molar-refractivity contribution in [3.05, 3.63) is 52.0 Å². The Bertz CT molecular complexity index is 568. The van der Waals surface area contributed by atoms with Gasteiger partial charge in [-0.1, -0.05) is 0 Å². The van der Waals surface area contributed by atoms with Crippen LogP contribution in [0.2, 0.25) is 0 Å². The van der Waals surface area contributed by atoms with Crippen molar-refractivity contribution < 1.29 is 8.78 Å². The molecule has 2 N–H and O–H groups in total. The second-order valence-electron chi connectivity index (χ2n) is 4.10. The molecule has 6 heteroatoms. The van der Waals surface area contributed by atoms with Gasteiger partial charge in [-0.25, -0.2) is 13.8 Å². The lowest BCUT2D eigenvalue weighted by Gasteiger charge is -2.11. The van der Waals surface area contributed by atoms with Crippen LogP contribution in [0, 0.1) is 11.6 Å². The standard InChI is InChI=1S/C12H12BrF2N3/c1-18-5-11(17-6-18)10(16)4-7-9(14)3-2-8(13)12(7)15/h2-3,5-6,10H,4,16H2,1H3. The number of aryl methyl sites for hydroxylation is 1. The molecule has 1 atom stereocenters. The first kappa shape index (κ1) is 13.2. The number of nitrogens with two attached hydrogens (primary N) is 1. The average Bonchev–Trinajstić information content (AvgIpc) is 2.76. The van der Waals surface area contributed by atoms with Crippen molar-refractivity contribution in [1.82, 2.24) is 9.55 Å². The number of nitrogens with zero attached hydrogens (tertiary/aromatic N) is 2. The minimum Gasteiger partial charge on any atom is -0.340 e. The Balaban J connectivity index is 2.27. The molecule has 96 valence electrons. The molecular weight excluding hydrogens is 304 g/mol. The first-order valence-electron chi connectivity index (χ1n) is 5.35. The summed E-state index contributed by atoms with van der Waals surface area (Å²) in [5.74, 6) is -1.21. The summed E-state index contributed by atoms with van der Waals surface area (Å²) >= 11 is 3.03. The maximum Gasteiger partial charge on any atom is 0.143 e. The third-order valence-electron chi connectivity index (χ3n) is 2.67. The van der Waals surface area contributed by atoms with Crippen LogP contribution in [0.5, 0.6) is 0 Å². The zero-order valence-electron chi connectivity index (χ0n) is 9.70. The van der Waals surface area contributed by atoms with Crippen molar-refractivity contribution in [2.24, 2.45) is 12.8 Å². The second kappa shape index (κ2) is 5.16. The number of hydrogen-bond donors (Lipinski definition) is 1. The zero-order valence-corrected chi connectivity index (χ0v) is 11.3. The molecule has 0 aliphatic carbocycles. The summed E-state index contributed by atoms with van der Waals surface area (Å²) in [4.78, 5) is 4.07. The Labute approximate surface area is 112 Å². The first-order valence-corrected chi connectivity index (χ1v) is 6.14. The Morgan fingerprint density at radius 3 is 2.78 bits per heavy atom. The fourth-order valence-electron chi connectivity index (χ4n) is 1.71. The number of halogens is 3. The molecule has 2 aromatic rings. The summed E-state index contributed by atoms with van der Waals surface area (Å²) < 4.78 is 29.3. The van der Waals surface area contributed by atoms with Gasteiger partial charge in [-0.15, -0.1) is 0 Å². The summed E-state index contributed by atoms with van der Waals surface area (Å²) in [5, 5.41) is 0. The predicted octanol–water partition coefficient (Wildman–Crippen LogP) is 2.70. The van der Waals surface area contributed by atoms with Gasteiger partial charge in [0.25, 0.3) is 0 Å². The van der Waals surface area contributed by atoms with E-state index in [-0.39, 0.29) is 16.5 Å². The van der Waals surface area contributed by atoms with Crippen LogP contribution in [0.4, 0.5) is 8.78 Å². The van der Waals surface area contributed by atoms with Crippen LogP contribution in [0.3, 0.4) is 0 Å². The van der Waals surface area contributed by atoms with Gasteiger partial charge in [0.1, 0.15) is 11.6 Å². The van der Waals surface area contributed by atoms with E-state index in [9.17, 15) is 8.78 Å². The van der Waals surface area contributed by atoms with Crippen LogP contribution in [-0.4, -0.2) is 9.55 Å². The maximum absolute atomic E-state index is 13.8. The first-order chi connectivity index (χ1) is 8.49. The largest absolute Gasteiger partial charge is 0.340 e. The highest BCUT2D eigenvalue weighted by Crippen LogP contribution is 2.25. The highest BCUT2D eigenvalue weighted by molar-refractivity contribution is 9.10. The molecule has 0 amide bonds. The Kier molecular flexibility index (Phi) is 3.77. The minimum absolute atomic E-state index is 0.0254. The number of aromatic nitrogens is 2. The van der Waals surface area contributed by atoms with Crippen LogP contribution < -0.4 is 5.73 Å². The van der Waals surface area contributed by atoms with Gasteiger partial charge in [0.15, 0.2) is 0 Å². The van der Waals surface area contributed by atoms with Crippen molar-refractivity contribution in [1.29, 1.82) is 0 Å². The molecule has 0 saturated heterocycles. The summed E-state index contributed by atoms with van der Waals surface area (Å²) in [7, 11) is 1.81. The van der Waals surface area contributed by atoms with Gasteiger partial charge in [0, 0.05) is 18.8 Å². The maximum atomic E-state index is 13.8. The highest BCUT2D eigenvalue weighted by Gasteiger charge is 2.17. The molecule has 0 bridgehead atoms. The third kappa shape index (κ3) is 2.59. The van der Waals surface area contributed by atoms with Gasteiger partial charge in [-0.3, -0.25) is 0 Å². The SMILES string of the molecule is Cn1cnc(C(N)Cc2c(F)ccc(Br)c2F)c1. The Morgan fingerprint density at radius 2 is 2.17 bits per heavy atom. The normalized spacial score (nSPS) is 12.7. The van der Waals surface area contributed by atoms with Gasteiger partial charge >= 0.3 is 0 Å². The lowest BCUT2D eigenvalue weighted by molar-refractivity contribution is 0.534. The fraction of sp³-hybridized carbons (Fsp3) is 0.250. The molecule has 1 aromatic carbocycles. The fourth-order valence-corrected chi connectivity index (χ4v) is 2.08. The molecular formula is C12H12BrF2N3. The molecule has 1 unspecified atom stereocenters. The summed E-state index contributed by atoms with van der Waals surface area (Å²) in [6.45, 7) is 0. The van der Waals surface area contributed by atoms with E-state index in [2.05, 4.69) is 20.9 Å². The Hall–Kier alpha value is -1.27.